The zero-order valence-corrected chi connectivity index (χ0v) is 12.9. The summed E-state index contributed by atoms with van der Waals surface area (Å²) in [5, 5.41) is 9.74. The van der Waals surface area contributed by atoms with Gasteiger partial charge < -0.3 is 14.7 Å². The number of nitrogens with zero attached hydrogens (tertiary/aromatic N) is 1. The van der Waals surface area contributed by atoms with Gasteiger partial charge in [-0.3, -0.25) is 4.79 Å². The Bertz CT molecular complexity index is 534. The molecule has 1 amide bonds. The second kappa shape index (κ2) is 6.95. The van der Waals surface area contributed by atoms with Gasteiger partial charge >= 0.3 is 5.97 Å². The number of amides is 1. The highest BCUT2D eigenvalue weighted by Gasteiger charge is 2.39. The van der Waals surface area contributed by atoms with E-state index < -0.39 is 18.1 Å². The molecule has 0 aromatic heterocycles. The Morgan fingerprint density at radius 2 is 2.24 bits per heavy atom. The average Bonchev–Trinajstić information content (AvgIpc) is 2.88. The lowest BCUT2D eigenvalue weighted by Crippen LogP contribution is -2.41. The Labute approximate surface area is 128 Å². The van der Waals surface area contributed by atoms with Gasteiger partial charge in [-0.1, -0.05) is 12.1 Å². The van der Waals surface area contributed by atoms with Gasteiger partial charge in [0.15, 0.2) is 0 Å². The van der Waals surface area contributed by atoms with Gasteiger partial charge in [-0.05, 0) is 24.0 Å². The van der Waals surface area contributed by atoms with E-state index in [1.807, 2.05) is 24.5 Å². The summed E-state index contributed by atoms with van der Waals surface area (Å²) in [4.78, 5) is 25.7. The summed E-state index contributed by atoms with van der Waals surface area (Å²) < 4.78 is 4.71. The van der Waals surface area contributed by atoms with Crippen LogP contribution in [0.5, 0.6) is 0 Å². The molecule has 1 fully saturated rings. The Hall–Kier alpha value is -1.53. The van der Waals surface area contributed by atoms with Crippen LogP contribution in [0.1, 0.15) is 22.3 Å². The first kappa shape index (κ1) is 15.9. The van der Waals surface area contributed by atoms with E-state index in [2.05, 4.69) is 0 Å². The summed E-state index contributed by atoms with van der Waals surface area (Å²) in [5.41, 5.74) is 1.59. The number of β-amino-alcohol motifs (C(OH)–C–C–N with tert-alkyl or cyclic N) is 1. The van der Waals surface area contributed by atoms with Crippen LogP contribution in [0.3, 0.4) is 0 Å². The SMILES string of the molecule is COC(=O)C1CC(O)CN1C(=O)c1cccc(CSC)c1. The summed E-state index contributed by atoms with van der Waals surface area (Å²) in [6, 6.07) is 6.65. The number of aliphatic hydroxyl groups excluding tert-OH is 1. The van der Waals surface area contributed by atoms with Crippen molar-refractivity contribution in [2.45, 2.75) is 24.3 Å². The molecule has 1 aromatic carbocycles. The number of benzene rings is 1. The molecular weight excluding hydrogens is 290 g/mol. The van der Waals surface area contributed by atoms with Gasteiger partial charge in [0.05, 0.1) is 13.2 Å². The van der Waals surface area contributed by atoms with Crippen molar-refractivity contribution in [3.05, 3.63) is 35.4 Å². The van der Waals surface area contributed by atoms with Crippen molar-refractivity contribution in [2.75, 3.05) is 19.9 Å². The fourth-order valence-electron chi connectivity index (χ4n) is 2.52. The maximum absolute atomic E-state index is 12.6. The third-order valence-corrected chi connectivity index (χ3v) is 4.12. The fraction of sp³-hybridized carbons (Fsp3) is 0.467. The minimum absolute atomic E-state index is 0.158. The highest BCUT2D eigenvalue weighted by molar-refractivity contribution is 7.97. The van der Waals surface area contributed by atoms with Crippen LogP contribution in [-0.2, 0) is 15.3 Å². The Morgan fingerprint density at radius 3 is 2.90 bits per heavy atom. The molecule has 2 unspecified atom stereocenters. The second-order valence-electron chi connectivity index (χ2n) is 5.02. The van der Waals surface area contributed by atoms with E-state index in [-0.39, 0.29) is 18.9 Å². The number of esters is 1. The van der Waals surface area contributed by atoms with E-state index in [4.69, 9.17) is 4.74 Å². The predicted molar refractivity (Wildman–Crippen MR) is 81.1 cm³/mol. The minimum atomic E-state index is -0.707. The zero-order chi connectivity index (χ0) is 15.4. The number of rotatable bonds is 4. The molecule has 6 heteroatoms. The molecule has 0 radical (unpaired) electrons. The topological polar surface area (TPSA) is 66.8 Å². The van der Waals surface area contributed by atoms with E-state index in [1.165, 1.54) is 12.0 Å². The summed E-state index contributed by atoms with van der Waals surface area (Å²) in [6.07, 6.45) is 1.54. The van der Waals surface area contributed by atoms with Crippen molar-refractivity contribution in [1.29, 1.82) is 0 Å². The van der Waals surface area contributed by atoms with Crippen molar-refractivity contribution in [1.82, 2.24) is 4.90 Å². The number of methoxy groups -OCH3 is 1. The molecule has 1 aromatic rings. The number of aliphatic hydroxyl groups is 1. The normalized spacial score (nSPS) is 21.4. The predicted octanol–water partition coefficient (Wildman–Crippen LogP) is 1.30. The van der Waals surface area contributed by atoms with Crippen LogP contribution in [0.15, 0.2) is 24.3 Å². The molecule has 1 heterocycles. The van der Waals surface area contributed by atoms with E-state index >= 15 is 0 Å². The largest absolute Gasteiger partial charge is 0.467 e. The van der Waals surface area contributed by atoms with Gasteiger partial charge in [0.2, 0.25) is 0 Å². The molecule has 1 saturated heterocycles. The van der Waals surface area contributed by atoms with Gasteiger partial charge in [0.1, 0.15) is 6.04 Å². The van der Waals surface area contributed by atoms with E-state index in [1.54, 1.807) is 17.8 Å². The molecule has 21 heavy (non-hydrogen) atoms. The van der Waals surface area contributed by atoms with Gasteiger partial charge in [-0.15, -0.1) is 0 Å². The number of hydrogen-bond acceptors (Lipinski definition) is 5. The molecule has 0 bridgehead atoms. The summed E-state index contributed by atoms with van der Waals surface area (Å²) >= 11 is 1.68. The molecule has 1 N–H and O–H groups in total. The Balaban J connectivity index is 2.21. The first-order valence-electron chi connectivity index (χ1n) is 6.71. The summed E-state index contributed by atoms with van der Waals surface area (Å²) in [7, 11) is 1.29. The van der Waals surface area contributed by atoms with E-state index in [9.17, 15) is 14.7 Å². The molecule has 0 aliphatic carbocycles. The second-order valence-corrected chi connectivity index (χ2v) is 5.89. The van der Waals surface area contributed by atoms with Crippen molar-refractivity contribution < 1.29 is 19.4 Å². The van der Waals surface area contributed by atoms with Crippen molar-refractivity contribution in [3.8, 4) is 0 Å². The lowest BCUT2D eigenvalue weighted by atomic mass is 10.1. The maximum atomic E-state index is 12.6. The molecule has 114 valence electrons. The lowest BCUT2D eigenvalue weighted by Gasteiger charge is -2.22. The van der Waals surface area contributed by atoms with Gasteiger partial charge in [0.25, 0.3) is 5.91 Å². The van der Waals surface area contributed by atoms with Crippen LogP contribution in [-0.4, -0.2) is 53.9 Å². The smallest absolute Gasteiger partial charge is 0.328 e. The zero-order valence-electron chi connectivity index (χ0n) is 12.1. The number of likely N-dealkylation sites (tertiary alicyclic amines) is 1. The van der Waals surface area contributed by atoms with Crippen molar-refractivity contribution in [2.24, 2.45) is 0 Å². The number of ether oxygens (including phenoxy) is 1. The fourth-order valence-corrected chi connectivity index (χ4v) is 3.04. The van der Waals surface area contributed by atoms with Gasteiger partial charge in [-0.25, -0.2) is 4.79 Å². The van der Waals surface area contributed by atoms with E-state index in [0.717, 1.165) is 11.3 Å². The quantitative estimate of drug-likeness (QED) is 0.849. The number of carbonyl (C=O) groups excluding carboxylic acids is 2. The molecule has 2 rings (SSSR count). The lowest BCUT2D eigenvalue weighted by molar-refractivity contribution is -0.145. The third kappa shape index (κ3) is 3.57. The molecule has 1 aliphatic heterocycles. The molecule has 0 spiro atoms. The Kier molecular flexibility index (Phi) is 5.25. The molecular formula is C15H19NO4S. The maximum Gasteiger partial charge on any atom is 0.328 e. The van der Waals surface area contributed by atoms with Crippen molar-refractivity contribution in [3.63, 3.8) is 0 Å². The summed E-state index contributed by atoms with van der Waals surface area (Å²) in [6.45, 7) is 0.158. The molecule has 1 aliphatic rings. The first-order valence-corrected chi connectivity index (χ1v) is 8.11. The third-order valence-electron chi connectivity index (χ3n) is 3.50. The first-order chi connectivity index (χ1) is 10.1. The van der Waals surface area contributed by atoms with Crippen LogP contribution in [0.2, 0.25) is 0 Å². The average molecular weight is 309 g/mol. The number of hydrogen-bond donors (Lipinski definition) is 1. The monoisotopic (exact) mass is 309 g/mol. The van der Waals surface area contributed by atoms with Crippen LogP contribution < -0.4 is 0 Å². The highest BCUT2D eigenvalue weighted by Crippen LogP contribution is 2.22. The van der Waals surface area contributed by atoms with Crippen molar-refractivity contribution >= 4 is 23.6 Å². The molecule has 5 nitrogen and oxygen atoms in total. The van der Waals surface area contributed by atoms with Crippen LogP contribution in [0, 0.1) is 0 Å². The highest BCUT2D eigenvalue weighted by atomic mass is 32.2. The Morgan fingerprint density at radius 1 is 1.48 bits per heavy atom. The van der Waals surface area contributed by atoms with Gasteiger partial charge in [0, 0.05) is 24.3 Å². The minimum Gasteiger partial charge on any atom is -0.467 e. The summed E-state index contributed by atoms with van der Waals surface area (Å²) in [5.74, 6) is 0.0922. The van der Waals surface area contributed by atoms with Crippen LogP contribution in [0.4, 0.5) is 0 Å². The molecule has 0 saturated carbocycles. The van der Waals surface area contributed by atoms with Gasteiger partial charge in [-0.2, -0.15) is 11.8 Å². The standard InChI is InChI=1S/C15H19NO4S/c1-20-15(19)13-7-12(17)8-16(13)14(18)11-5-3-4-10(6-11)9-21-2/h3-6,12-13,17H,7-9H2,1-2H3. The number of carbonyl (C=O) groups is 2. The van der Waals surface area contributed by atoms with Crippen LogP contribution >= 0.6 is 11.8 Å². The number of thioether (sulfide) groups is 1. The van der Waals surface area contributed by atoms with Crippen LogP contribution in [0.25, 0.3) is 0 Å². The molecule has 2 atom stereocenters. The van der Waals surface area contributed by atoms with E-state index in [0.29, 0.717) is 5.56 Å².